The molecule has 2 heterocycles. The molecular weight excluding hydrogens is 252 g/mol. The van der Waals surface area contributed by atoms with Crippen molar-refractivity contribution in [2.75, 3.05) is 20.6 Å². The third kappa shape index (κ3) is 3.60. The van der Waals surface area contributed by atoms with Crippen LogP contribution in [0.4, 0.5) is 0 Å². The molecule has 5 heteroatoms. The van der Waals surface area contributed by atoms with Gasteiger partial charge in [-0.15, -0.1) is 0 Å². The topological polar surface area (TPSA) is 50.2 Å². The molecule has 0 radical (unpaired) electrons. The number of nitrogens with zero attached hydrogens (tertiary/aromatic N) is 3. The van der Waals surface area contributed by atoms with Crippen molar-refractivity contribution >= 4 is 5.91 Å². The van der Waals surface area contributed by atoms with Gasteiger partial charge in [-0.1, -0.05) is 0 Å². The van der Waals surface area contributed by atoms with Crippen LogP contribution in [0.1, 0.15) is 38.4 Å². The molecule has 2 atom stereocenters. The zero-order valence-electron chi connectivity index (χ0n) is 13.0. The van der Waals surface area contributed by atoms with Gasteiger partial charge in [0.25, 0.3) is 0 Å². The molecule has 112 valence electrons. The molecule has 0 bridgehead atoms. The van der Waals surface area contributed by atoms with Crippen molar-refractivity contribution in [1.82, 2.24) is 20.0 Å². The highest BCUT2D eigenvalue weighted by Gasteiger charge is 2.28. The Morgan fingerprint density at radius 3 is 2.90 bits per heavy atom. The monoisotopic (exact) mass is 278 g/mol. The van der Waals surface area contributed by atoms with Gasteiger partial charge in [-0.3, -0.25) is 9.48 Å². The molecule has 2 unspecified atom stereocenters. The highest BCUT2D eigenvalue weighted by atomic mass is 16.2. The first-order valence-electron chi connectivity index (χ1n) is 7.46. The number of amides is 1. The Kier molecular flexibility index (Phi) is 4.81. The minimum atomic E-state index is -0.0315. The molecule has 0 aliphatic carbocycles. The fraction of sp³-hybridized carbons (Fsp3) is 0.733. The summed E-state index contributed by atoms with van der Waals surface area (Å²) in [6, 6.07) is 2.47. The Morgan fingerprint density at radius 1 is 1.55 bits per heavy atom. The van der Waals surface area contributed by atoms with Crippen LogP contribution in [0.25, 0.3) is 0 Å². The van der Waals surface area contributed by atoms with E-state index in [1.54, 1.807) is 4.90 Å². The van der Waals surface area contributed by atoms with Crippen molar-refractivity contribution in [2.45, 2.75) is 45.2 Å². The Labute approximate surface area is 121 Å². The zero-order chi connectivity index (χ0) is 14.7. The summed E-state index contributed by atoms with van der Waals surface area (Å²) in [7, 11) is 3.63. The summed E-state index contributed by atoms with van der Waals surface area (Å²) in [6.45, 7) is 5.18. The van der Waals surface area contributed by atoms with Crippen LogP contribution < -0.4 is 5.32 Å². The molecule has 0 aromatic carbocycles. The summed E-state index contributed by atoms with van der Waals surface area (Å²) >= 11 is 0. The molecule has 2 rings (SSSR count). The third-order valence-electron chi connectivity index (χ3n) is 3.94. The molecule has 1 aromatic rings. The lowest BCUT2D eigenvalue weighted by atomic mass is 9.88. The van der Waals surface area contributed by atoms with Gasteiger partial charge in [0, 0.05) is 26.3 Å². The van der Waals surface area contributed by atoms with Crippen LogP contribution >= 0.6 is 0 Å². The van der Waals surface area contributed by atoms with E-state index >= 15 is 0 Å². The normalized spacial score (nSPS) is 23.1. The molecule has 1 fully saturated rings. The first-order chi connectivity index (χ1) is 9.47. The van der Waals surface area contributed by atoms with E-state index in [4.69, 9.17) is 0 Å². The van der Waals surface area contributed by atoms with E-state index in [0.29, 0.717) is 12.0 Å². The van der Waals surface area contributed by atoms with Crippen molar-refractivity contribution in [3.05, 3.63) is 18.0 Å². The number of likely N-dealkylation sites (N-methyl/N-ethyl adjacent to an activating group) is 1. The highest BCUT2D eigenvalue weighted by Crippen LogP contribution is 2.21. The van der Waals surface area contributed by atoms with E-state index in [0.717, 1.165) is 31.5 Å². The van der Waals surface area contributed by atoms with Gasteiger partial charge in [0.1, 0.15) is 0 Å². The number of piperidine rings is 1. The predicted octanol–water partition coefficient (Wildman–Crippen LogP) is 1.46. The number of aromatic nitrogens is 2. The van der Waals surface area contributed by atoms with Gasteiger partial charge in [0.2, 0.25) is 5.91 Å². The van der Waals surface area contributed by atoms with Crippen LogP contribution in [0, 0.1) is 5.92 Å². The van der Waals surface area contributed by atoms with Crippen molar-refractivity contribution in [2.24, 2.45) is 5.92 Å². The fourth-order valence-corrected chi connectivity index (χ4v) is 2.75. The van der Waals surface area contributed by atoms with Gasteiger partial charge in [-0.25, -0.2) is 0 Å². The second-order valence-corrected chi connectivity index (χ2v) is 6.21. The molecule has 1 amide bonds. The lowest BCUT2D eigenvalue weighted by Gasteiger charge is -2.30. The largest absolute Gasteiger partial charge is 0.347 e. The van der Waals surface area contributed by atoms with Crippen LogP contribution in [0.15, 0.2) is 12.3 Å². The van der Waals surface area contributed by atoms with Gasteiger partial charge in [0.15, 0.2) is 0 Å². The van der Waals surface area contributed by atoms with E-state index in [9.17, 15) is 4.79 Å². The summed E-state index contributed by atoms with van der Waals surface area (Å²) in [5.41, 5.74) is 1.14. The standard InChI is InChI=1S/C15H26N4O/c1-11(2)19-8-6-13(17-19)9-12-5-7-16-14(10-12)15(20)18(3)4/h6,8,11-12,14,16H,5,7,9-10H2,1-4H3. The maximum absolute atomic E-state index is 12.0. The van der Waals surface area contributed by atoms with Crippen molar-refractivity contribution < 1.29 is 4.79 Å². The molecule has 1 aromatic heterocycles. The van der Waals surface area contributed by atoms with Crippen LogP contribution in [0.5, 0.6) is 0 Å². The molecule has 20 heavy (non-hydrogen) atoms. The molecule has 1 saturated heterocycles. The van der Waals surface area contributed by atoms with Crippen molar-refractivity contribution in [1.29, 1.82) is 0 Å². The Hall–Kier alpha value is -1.36. The maximum atomic E-state index is 12.0. The van der Waals surface area contributed by atoms with Crippen molar-refractivity contribution in [3.8, 4) is 0 Å². The summed E-state index contributed by atoms with van der Waals surface area (Å²) in [5.74, 6) is 0.725. The van der Waals surface area contributed by atoms with E-state index in [-0.39, 0.29) is 11.9 Å². The van der Waals surface area contributed by atoms with E-state index < -0.39 is 0 Å². The number of rotatable bonds is 4. The highest BCUT2D eigenvalue weighted by molar-refractivity contribution is 5.81. The number of carbonyl (C=O) groups excluding carboxylic acids is 1. The number of hydrogen-bond donors (Lipinski definition) is 1. The van der Waals surface area contributed by atoms with Crippen LogP contribution in [0.3, 0.4) is 0 Å². The third-order valence-corrected chi connectivity index (χ3v) is 3.94. The fourth-order valence-electron chi connectivity index (χ4n) is 2.75. The zero-order valence-corrected chi connectivity index (χ0v) is 13.0. The molecule has 0 spiro atoms. The second kappa shape index (κ2) is 6.39. The van der Waals surface area contributed by atoms with Crippen LogP contribution in [0.2, 0.25) is 0 Å². The molecule has 5 nitrogen and oxygen atoms in total. The number of hydrogen-bond acceptors (Lipinski definition) is 3. The minimum Gasteiger partial charge on any atom is -0.347 e. The second-order valence-electron chi connectivity index (χ2n) is 6.21. The minimum absolute atomic E-state index is 0.0315. The van der Waals surface area contributed by atoms with Gasteiger partial charge in [-0.2, -0.15) is 5.10 Å². The lowest BCUT2D eigenvalue weighted by Crippen LogP contribution is -2.48. The average molecular weight is 278 g/mol. The quantitative estimate of drug-likeness (QED) is 0.907. The molecular formula is C15H26N4O. The SMILES string of the molecule is CC(C)n1ccc(CC2CCNC(C(=O)N(C)C)C2)n1. The average Bonchev–Trinajstić information content (AvgIpc) is 2.86. The number of carbonyl (C=O) groups is 1. The van der Waals surface area contributed by atoms with Gasteiger partial charge in [0.05, 0.1) is 11.7 Å². The molecule has 1 aliphatic rings. The molecule has 1 N–H and O–H groups in total. The van der Waals surface area contributed by atoms with E-state index in [1.807, 2.05) is 25.0 Å². The summed E-state index contributed by atoms with van der Waals surface area (Å²) in [5, 5.41) is 7.93. The van der Waals surface area contributed by atoms with Crippen LogP contribution in [-0.2, 0) is 11.2 Å². The number of nitrogens with one attached hydrogen (secondary N) is 1. The lowest BCUT2D eigenvalue weighted by molar-refractivity contribution is -0.131. The first kappa shape index (κ1) is 15.0. The van der Waals surface area contributed by atoms with E-state index in [1.165, 1.54) is 0 Å². The Bertz CT molecular complexity index is 452. The first-order valence-corrected chi connectivity index (χ1v) is 7.46. The van der Waals surface area contributed by atoms with Gasteiger partial charge < -0.3 is 10.2 Å². The summed E-state index contributed by atoms with van der Waals surface area (Å²) < 4.78 is 2.00. The van der Waals surface area contributed by atoms with Crippen LogP contribution in [-0.4, -0.2) is 47.3 Å². The predicted molar refractivity (Wildman–Crippen MR) is 79.5 cm³/mol. The Balaban J connectivity index is 1.93. The van der Waals surface area contributed by atoms with Crippen molar-refractivity contribution in [3.63, 3.8) is 0 Å². The molecule has 1 aliphatic heterocycles. The van der Waals surface area contributed by atoms with Gasteiger partial charge >= 0.3 is 0 Å². The molecule has 0 saturated carbocycles. The maximum Gasteiger partial charge on any atom is 0.239 e. The summed E-state index contributed by atoms with van der Waals surface area (Å²) in [6.07, 6.45) is 5.04. The summed E-state index contributed by atoms with van der Waals surface area (Å²) in [4.78, 5) is 13.7. The smallest absolute Gasteiger partial charge is 0.239 e. The van der Waals surface area contributed by atoms with E-state index in [2.05, 4.69) is 30.3 Å². The Morgan fingerprint density at radius 2 is 2.30 bits per heavy atom. The van der Waals surface area contributed by atoms with Gasteiger partial charge in [-0.05, 0) is 51.6 Å².